The van der Waals surface area contributed by atoms with Crippen LogP contribution in [0.25, 0.3) is 0 Å². The Hall–Kier alpha value is -0.580. The molecule has 0 saturated heterocycles. The monoisotopic (exact) mass is 366 g/mol. The molecule has 2 rings (SSSR count). The quantitative estimate of drug-likeness (QED) is 0.438. The summed E-state index contributed by atoms with van der Waals surface area (Å²) in [6, 6.07) is 6.61. The van der Waals surface area contributed by atoms with E-state index in [1.807, 2.05) is 0 Å². The summed E-state index contributed by atoms with van der Waals surface area (Å²) in [5, 5.41) is 0.433. The van der Waals surface area contributed by atoms with Crippen molar-refractivity contribution >= 4 is 42.1 Å². The molecule has 1 aliphatic rings. The molecule has 8 heteroatoms. The highest BCUT2D eigenvalue weighted by atomic mass is 35.5. The Kier molecular flexibility index (Phi) is 4.96. The zero-order valence-electron chi connectivity index (χ0n) is 12.5. The van der Waals surface area contributed by atoms with Gasteiger partial charge in [0, 0.05) is 20.6 Å². The van der Waals surface area contributed by atoms with Crippen LogP contribution in [0.5, 0.6) is 0 Å². The lowest BCUT2D eigenvalue weighted by Crippen LogP contribution is -2.21. The highest BCUT2D eigenvalue weighted by molar-refractivity contribution is 7.62. The van der Waals surface area contributed by atoms with Crippen molar-refractivity contribution in [3.63, 3.8) is 0 Å². The molecule has 0 aromatic heterocycles. The van der Waals surface area contributed by atoms with Crippen LogP contribution >= 0.6 is 30.8 Å². The SMILES string of the molecule is COP(=O)(OC)c1ccc(COC(=O)C2(C)CC2(Cl)Cl)cc1. The topological polar surface area (TPSA) is 61.8 Å². The van der Waals surface area contributed by atoms with Gasteiger partial charge in [-0.15, -0.1) is 23.2 Å². The van der Waals surface area contributed by atoms with E-state index in [1.54, 1.807) is 31.2 Å². The number of alkyl halides is 2. The van der Waals surface area contributed by atoms with Gasteiger partial charge in [0.05, 0.1) is 5.30 Å². The van der Waals surface area contributed by atoms with Gasteiger partial charge in [-0.05, 0) is 24.6 Å². The second kappa shape index (κ2) is 6.14. The Morgan fingerprint density at radius 1 is 1.23 bits per heavy atom. The van der Waals surface area contributed by atoms with Gasteiger partial charge in [-0.2, -0.15) is 0 Å². The third-order valence-corrected chi connectivity index (χ3v) is 6.81. The fraction of sp³-hybridized carbons (Fsp3) is 0.500. The lowest BCUT2D eigenvalue weighted by Gasteiger charge is -2.14. The van der Waals surface area contributed by atoms with Crippen LogP contribution in [-0.2, 0) is 29.8 Å². The first-order chi connectivity index (χ1) is 10.2. The lowest BCUT2D eigenvalue weighted by atomic mass is 10.1. The summed E-state index contributed by atoms with van der Waals surface area (Å²) in [6.45, 7) is 1.76. The molecule has 1 aromatic rings. The third kappa shape index (κ3) is 3.19. The highest BCUT2D eigenvalue weighted by Crippen LogP contribution is 2.64. The Morgan fingerprint density at radius 2 is 1.73 bits per heavy atom. The highest BCUT2D eigenvalue weighted by Gasteiger charge is 2.69. The summed E-state index contributed by atoms with van der Waals surface area (Å²) in [7, 11) is -0.627. The predicted octanol–water partition coefficient (Wildman–Crippen LogP) is 3.42. The average molecular weight is 367 g/mol. The van der Waals surface area contributed by atoms with Gasteiger partial charge in [0.15, 0.2) is 0 Å². The predicted molar refractivity (Wildman–Crippen MR) is 84.7 cm³/mol. The van der Waals surface area contributed by atoms with Gasteiger partial charge in [-0.3, -0.25) is 9.36 Å². The minimum absolute atomic E-state index is 0.0861. The average Bonchev–Trinajstić information content (AvgIpc) is 3.04. The zero-order valence-corrected chi connectivity index (χ0v) is 14.9. The third-order valence-electron chi connectivity index (χ3n) is 3.81. The number of ether oxygens (including phenoxy) is 1. The molecule has 5 nitrogen and oxygen atoms in total. The molecule has 0 bridgehead atoms. The van der Waals surface area contributed by atoms with Gasteiger partial charge < -0.3 is 13.8 Å². The second-order valence-corrected chi connectivity index (χ2v) is 9.04. The molecule has 0 N–H and O–H groups in total. The molecule has 1 fully saturated rings. The first-order valence-corrected chi connectivity index (χ1v) is 8.84. The van der Waals surface area contributed by atoms with E-state index < -0.39 is 23.3 Å². The maximum Gasteiger partial charge on any atom is 0.360 e. The molecule has 0 amide bonds. The maximum atomic E-state index is 12.2. The van der Waals surface area contributed by atoms with Crippen LogP contribution in [-0.4, -0.2) is 24.5 Å². The number of hydrogen-bond acceptors (Lipinski definition) is 5. The molecule has 1 saturated carbocycles. The van der Waals surface area contributed by atoms with Crippen molar-refractivity contribution in [1.29, 1.82) is 0 Å². The van der Waals surface area contributed by atoms with Crippen molar-refractivity contribution in [2.45, 2.75) is 24.3 Å². The fourth-order valence-electron chi connectivity index (χ4n) is 1.99. The van der Waals surface area contributed by atoms with E-state index >= 15 is 0 Å². The molecular formula is C14H17Cl2O5P. The molecule has 1 atom stereocenters. The smallest absolute Gasteiger partial charge is 0.360 e. The van der Waals surface area contributed by atoms with E-state index in [-0.39, 0.29) is 6.61 Å². The summed E-state index contributed by atoms with van der Waals surface area (Å²) in [4.78, 5) is 12.0. The Bertz CT molecular complexity index is 608. The van der Waals surface area contributed by atoms with Crippen molar-refractivity contribution in [2.24, 2.45) is 5.41 Å². The number of halogens is 2. The van der Waals surface area contributed by atoms with Crippen LogP contribution < -0.4 is 5.30 Å². The van der Waals surface area contributed by atoms with Gasteiger partial charge in [-0.25, -0.2) is 0 Å². The molecule has 0 heterocycles. The van der Waals surface area contributed by atoms with Gasteiger partial charge in [-0.1, -0.05) is 12.1 Å². The number of hydrogen-bond donors (Lipinski definition) is 0. The minimum Gasteiger partial charge on any atom is -0.460 e. The van der Waals surface area contributed by atoms with E-state index in [0.29, 0.717) is 11.7 Å². The van der Waals surface area contributed by atoms with Crippen molar-refractivity contribution < 1.29 is 23.1 Å². The van der Waals surface area contributed by atoms with Crippen LogP contribution in [0, 0.1) is 5.41 Å². The van der Waals surface area contributed by atoms with Crippen LogP contribution in [0.3, 0.4) is 0 Å². The van der Waals surface area contributed by atoms with Crippen molar-refractivity contribution in [3.8, 4) is 0 Å². The van der Waals surface area contributed by atoms with E-state index in [0.717, 1.165) is 5.56 Å². The standard InChI is InChI=1S/C14H17Cl2O5P/c1-13(9-14(13,15)16)12(17)21-8-10-4-6-11(7-5-10)22(18,19-2)20-3/h4-7H,8-9H2,1-3H3. The van der Waals surface area contributed by atoms with Gasteiger partial charge >= 0.3 is 13.6 Å². The first kappa shape index (κ1) is 17.8. The number of rotatable bonds is 6. The number of carbonyl (C=O) groups excluding carboxylic acids is 1. The largest absolute Gasteiger partial charge is 0.460 e. The molecule has 1 unspecified atom stereocenters. The molecule has 0 aliphatic heterocycles. The van der Waals surface area contributed by atoms with E-state index in [4.69, 9.17) is 37.0 Å². The van der Waals surface area contributed by atoms with E-state index in [9.17, 15) is 9.36 Å². The molecule has 0 spiro atoms. The summed E-state index contributed by atoms with van der Waals surface area (Å²) < 4.78 is 26.2. The first-order valence-electron chi connectivity index (χ1n) is 6.54. The Labute approximate surface area is 139 Å². The van der Waals surface area contributed by atoms with E-state index in [1.165, 1.54) is 14.2 Å². The molecular weight excluding hydrogens is 350 g/mol. The summed E-state index contributed by atoms with van der Waals surface area (Å²) in [5.74, 6) is -0.430. The van der Waals surface area contributed by atoms with Crippen molar-refractivity contribution in [1.82, 2.24) is 0 Å². The van der Waals surface area contributed by atoms with Crippen LogP contribution in [0.15, 0.2) is 24.3 Å². The van der Waals surface area contributed by atoms with E-state index in [2.05, 4.69) is 0 Å². The fourth-order valence-corrected chi connectivity index (χ4v) is 3.76. The second-order valence-electron chi connectivity index (χ2n) is 5.32. The Morgan fingerprint density at radius 3 is 2.14 bits per heavy atom. The Balaban J connectivity index is 1.98. The van der Waals surface area contributed by atoms with Crippen LogP contribution in [0.1, 0.15) is 18.9 Å². The summed E-state index contributed by atoms with van der Waals surface area (Å²) in [6.07, 6.45) is 0.381. The molecule has 0 radical (unpaired) electrons. The summed E-state index contributed by atoms with van der Waals surface area (Å²) in [5.41, 5.74) is -0.104. The molecule has 1 aliphatic carbocycles. The lowest BCUT2D eigenvalue weighted by molar-refractivity contribution is -0.150. The number of benzene rings is 1. The molecule has 1 aromatic carbocycles. The normalized spacial score (nSPS) is 23.1. The number of esters is 1. The molecule has 122 valence electrons. The number of carbonyl (C=O) groups is 1. The van der Waals surface area contributed by atoms with Crippen molar-refractivity contribution in [2.75, 3.05) is 14.2 Å². The summed E-state index contributed by atoms with van der Waals surface area (Å²) >= 11 is 11.9. The maximum absolute atomic E-state index is 12.2. The minimum atomic E-state index is -3.27. The molecule has 22 heavy (non-hydrogen) atoms. The van der Waals surface area contributed by atoms with Crippen LogP contribution in [0.2, 0.25) is 0 Å². The van der Waals surface area contributed by atoms with Gasteiger partial charge in [0.1, 0.15) is 16.4 Å². The van der Waals surface area contributed by atoms with Crippen molar-refractivity contribution in [3.05, 3.63) is 29.8 Å². The zero-order chi connectivity index (χ0) is 16.6. The van der Waals surface area contributed by atoms with Crippen LogP contribution in [0.4, 0.5) is 0 Å². The van der Waals surface area contributed by atoms with Gasteiger partial charge in [0.2, 0.25) is 0 Å². The van der Waals surface area contributed by atoms with Gasteiger partial charge in [0.25, 0.3) is 0 Å².